The predicted octanol–water partition coefficient (Wildman–Crippen LogP) is 3.73. The molecule has 22 heavy (non-hydrogen) atoms. The zero-order chi connectivity index (χ0) is 16.8. The molecule has 1 aliphatic rings. The molecule has 0 radical (unpaired) electrons. The molecule has 2 rings (SSSR count). The number of rotatable bonds is 3. The van der Waals surface area contributed by atoms with Crippen LogP contribution in [0.2, 0.25) is 0 Å². The van der Waals surface area contributed by atoms with Gasteiger partial charge in [-0.2, -0.15) is 13.2 Å². The van der Waals surface area contributed by atoms with Gasteiger partial charge < -0.3 is 9.31 Å². The zero-order valence-corrected chi connectivity index (χ0v) is 13.3. The first kappa shape index (κ1) is 17.1. The van der Waals surface area contributed by atoms with Crippen molar-refractivity contribution in [1.82, 2.24) is 0 Å². The second-order valence-electron chi connectivity index (χ2n) is 6.45. The van der Waals surface area contributed by atoms with Gasteiger partial charge in [0.15, 0.2) is 0 Å². The average molecular weight is 312 g/mol. The van der Waals surface area contributed by atoms with Gasteiger partial charge in [-0.3, -0.25) is 0 Å². The Bertz CT molecular complexity index is 563. The zero-order valence-electron chi connectivity index (χ0n) is 13.3. The summed E-state index contributed by atoms with van der Waals surface area (Å²) in [6.45, 7) is 11.0. The van der Waals surface area contributed by atoms with Crippen LogP contribution >= 0.6 is 0 Å². The maximum Gasteiger partial charge on any atom is 0.495 e. The molecule has 0 bridgehead atoms. The number of allylic oxidation sites excluding steroid dienone is 1. The molecule has 1 saturated heterocycles. The molecule has 0 saturated carbocycles. The lowest BCUT2D eigenvalue weighted by atomic mass is 9.74. The Kier molecular flexibility index (Phi) is 4.21. The SMILES string of the molecule is C=CCc1c(B2OC(C)(C)C(C)(C)O2)cccc1C(F)(F)F. The molecule has 0 aliphatic carbocycles. The molecule has 1 aromatic carbocycles. The van der Waals surface area contributed by atoms with Gasteiger partial charge in [0.1, 0.15) is 0 Å². The van der Waals surface area contributed by atoms with E-state index < -0.39 is 30.1 Å². The van der Waals surface area contributed by atoms with E-state index in [1.807, 2.05) is 27.7 Å². The molecule has 0 unspecified atom stereocenters. The Morgan fingerprint density at radius 3 is 2.14 bits per heavy atom. The van der Waals surface area contributed by atoms with Crippen LogP contribution in [0.4, 0.5) is 13.2 Å². The quantitative estimate of drug-likeness (QED) is 0.625. The highest BCUT2D eigenvalue weighted by atomic mass is 19.4. The van der Waals surface area contributed by atoms with Crippen molar-refractivity contribution >= 4 is 12.6 Å². The van der Waals surface area contributed by atoms with Crippen LogP contribution in [0, 0.1) is 0 Å². The van der Waals surface area contributed by atoms with Crippen molar-refractivity contribution in [3.05, 3.63) is 42.0 Å². The third-order valence-corrected chi connectivity index (χ3v) is 4.37. The molecule has 0 atom stereocenters. The van der Waals surface area contributed by atoms with Gasteiger partial charge in [0.05, 0.1) is 16.8 Å². The van der Waals surface area contributed by atoms with Gasteiger partial charge in [-0.25, -0.2) is 0 Å². The normalized spacial score (nSPS) is 20.2. The van der Waals surface area contributed by atoms with Crippen molar-refractivity contribution in [2.45, 2.75) is 51.5 Å². The fraction of sp³-hybridized carbons (Fsp3) is 0.500. The van der Waals surface area contributed by atoms with Crippen LogP contribution in [-0.2, 0) is 21.9 Å². The minimum absolute atomic E-state index is 0.106. The molecular formula is C16H20BF3O2. The second-order valence-corrected chi connectivity index (χ2v) is 6.45. The largest absolute Gasteiger partial charge is 0.495 e. The van der Waals surface area contributed by atoms with Crippen LogP contribution in [0.25, 0.3) is 0 Å². The smallest absolute Gasteiger partial charge is 0.399 e. The molecule has 0 spiro atoms. The predicted molar refractivity (Wildman–Crippen MR) is 81.1 cm³/mol. The summed E-state index contributed by atoms with van der Waals surface area (Å²) in [6.07, 6.45) is -2.85. The maximum absolute atomic E-state index is 13.2. The van der Waals surface area contributed by atoms with E-state index in [-0.39, 0.29) is 12.0 Å². The van der Waals surface area contributed by atoms with Crippen molar-refractivity contribution < 1.29 is 22.5 Å². The van der Waals surface area contributed by atoms with Gasteiger partial charge >= 0.3 is 13.3 Å². The van der Waals surface area contributed by atoms with E-state index in [1.165, 1.54) is 12.1 Å². The average Bonchev–Trinajstić information content (AvgIpc) is 2.57. The third-order valence-electron chi connectivity index (χ3n) is 4.37. The molecule has 2 nitrogen and oxygen atoms in total. The first-order valence-corrected chi connectivity index (χ1v) is 7.15. The Morgan fingerprint density at radius 2 is 1.68 bits per heavy atom. The number of benzene rings is 1. The Hall–Kier alpha value is -1.27. The van der Waals surface area contributed by atoms with Crippen molar-refractivity contribution in [2.75, 3.05) is 0 Å². The fourth-order valence-corrected chi connectivity index (χ4v) is 2.43. The molecule has 0 aromatic heterocycles. The molecule has 6 heteroatoms. The third kappa shape index (κ3) is 2.94. The van der Waals surface area contributed by atoms with E-state index in [2.05, 4.69) is 6.58 Å². The minimum Gasteiger partial charge on any atom is -0.399 e. The van der Waals surface area contributed by atoms with Crippen LogP contribution in [0.1, 0.15) is 38.8 Å². The van der Waals surface area contributed by atoms with Crippen molar-refractivity contribution in [1.29, 1.82) is 0 Å². The molecule has 1 heterocycles. The van der Waals surface area contributed by atoms with Crippen LogP contribution in [0.15, 0.2) is 30.9 Å². The van der Waals surface area contributed by atoms with E-state index in [0.717, 1.165) is 6.07 Å². The van der Waals surface area contributed by atoms with Crippen LogP contribution in [0.5, 0.6) is 0 Å². The van der Waals surface area contributed by atoms with E-state index in [1.54, 1.807) is 6.07 Å². The van der Waals surface area contributed by atoms with Crippen LogP contribution < -0.4 is 5.46 Å². The summed E-state index contributed by atoms with van der Waals surface area (Å²) in [5.74, 6) is 0. The van der Waals surface area contributed by atoms with E-state index in [4.69, 9.17) is 9.31 Å². The number of hydrogen-bond donors (Lipinski definition) is 0. The summed E-state index contributed by atoms with van der Waals surface area (Å²) in [5, 5.41) is 0. The Labute approximate surface area is 129 Å². The first-order valence-electron chi connectivity index (χ1n) is 7.15. The van der Waals surface area contributed by atoms with Gasteiger partial charge in [-0.1, -0.05) is 18.2 Å². The fourth-order valence-electron chi connectivity index (χ4n) is 2.43. The highest BCUT2D eigenvalue weighted by Gasteiger charge is 2.52. The molecule has 1 fully saturated rings. The molecule has 120 valence electrons. The van der Waals surface area contributed by atoms with E-state index in [0.29, 0.717) is 5.46 Å². The van der Waals surface area contributed by atoms with E-state index >= 15 is 0 Å². The summed E-state index contributed by atoms with van der Waals surface area (Å²) in [6, 6.07) is 4.08. The van der Waals surface area contributed by atoms with Gasteiger partial charge in [-0.15, -0.1) is 6.58 Å². The summed E-state index contributed by atoms with van der Waals surface area (Å²) < 4.78 is 51.4. The lowest BCUT2D eigenvalue weighted by molar-refractivity contribution is -0.138. The summed E-state index contributed by atoms with van der Waals surface area (Å²) >= 11 is 0. The Balaban J connectivity index is 2.51. The monoisotopic (exact) mass is 312 g/mol. The molecule has 0 N–H and O–H groups in total. The number of halogens is 3. The molecule has 0 amide bonds. The Morgan fingerprint density at radius 1 is 1.14 bits per heavy atom. The summed E-state index contributed by atoms with van der Waals surface area (Å²) in [5.41, 5.74) is -1.30. The number of alkyl halides is 3. The van der Waals surface area contributed by atoms with Crippen molar-refractivity contribution in [3.8, 4) is 0 Å². The molecule has 1 aromatic rings. The van der Waals surface area contributed by atoms with Crippen molar-refractivity contribution in [3.63, 3.8) is 0 Å². The molecule has 1 aliphatic heterocycles. The summed E-state index contributed by atoms with van der Waals surface area (Å²) in [4.78, 5) is 0. The topological polar surface area (TPSA) is 18.5 Å². The maximum atomic E-state index is 13.2. The number of hydrogen-bond acceptors (Lipinski definition) is 2. The minimum atomic E-state index is -4.42. The molecular weight excluding hydrogens is 292 g/mol. The lowest BCUT2D eigenvalue weighted by Gasteiger charge is -2.32. The van der Waals surface area contributed by atoms with Gasteiger partial charge in [0.25, 0.3) is 0 Å². The second kappa shape index (κ2) is 5.42. The van der Waals surface area contributed by atoms with Gasteiger partial charge in [0.2, 0.25) is 0 Å². The first-order chi connectivity index (χ1) is 9.99. The summed E-state index contributed by atoms with van der Waals surface area (Å²) in [7, 11) is -0.817. The van der Waals surface area contributed by atoms with Crippen molar-refractivity contribution in [2.24, 2.45) is 0 Å². The highest BCUT2D eigenvalue weighted by molar-refractivity contribution is 6.62. The van der Waals surface area contributed by atoms with Crippen LogP contribution in [-0.4, -0.2) is 18.3 Å². The van der Waals surface area contributed by atoms with E-state index in [9.17, 15) is 13.2 Å². The highest BCUT2D eigenvalue weighted by Crippen LogP contribution is 2.38. The van der Waals surface area contributed by atoms with Gasteiger partial charge in [-0.05, 0) is 51.2 Å². The van der Waals surface area contributed by atoms with Crippen LogP contribution in [0.3, 0.4) is 0 Å². The standard InChI is InChI=1S/C16H20BF3O2/c1-6-8-11-12(16(18,19)20)9-7-10-13(11)17-21-14(2,3)15(4,5)22-17/h6-7,9-10H,1,8H2,2-5H3. The van der Waals surface area contributed by atoms with Gasteiger partial charge in [0, 0.05) is 0 Å². The lowest BCUT2D eigenvalue weighted by Crippen LogP contribution is -2.41.